The molecule has 14 heteroatoms. The van der Waals surface area contributed by atoms with Crippen molar-refractivity contribution in [3.63, 3.8) is 0 Å². The monoisotopic (exact) mass is 590 g/mol. The van der Waals surface area contributed by atoms with Crippen LogP contribution in [0.4, 0.5) is 35.4 Å². The SMILES string of the molecule is CC1(C)OC[C@@H](COc2cnc(NC(=O)N3c4nc(-c5cccc(C(F)(F)F)c5)c(Cl)cc4N4CC[C@H]3C4)nc2)O1. The molecule has 0 saturated carbocycles. The number of pyridine rings is 1. The van der Waals surface area contributed by atoms with Gasteiger partial charge in [-0.25, -0.2) is 19.7 Å². The summed E-state index contributed by atoms with van der Waals surface area (Å²) >= 11 is 6.52. The number of hydrogen-bond donors (Lipinski definition) is 1. The van der Waals surface area contributed by atoms with Crippen molar-refractivity contribution in [2.75, 3.05) is 41.4 Å². The van der Waals surface area contributed by atoms with Crippen LogP contribution in [0.3, 0.4) is 0 Å². The summed E-state index contributed by atoms with van der Waals surface area (Å²) in [5.74, 6) is 0.0941. The molecule has 2 saturated heterocycles. The number of amides is 2. The molecule has 2 bridgehead atoms. The van der Waals surface area contributed by atoms with Crippen LogP contribution in [0, 0.1) is 0 Å². The molecule has 216 valence electrons. The van der Waals surface area contributed by atoms with Crippen LogP contribution in [0.15, 0.2) is 42.7 Å². The smallest absolute Gasteiger partial charge is 0.416 e. The highest BCUT2D eigenvalue weighted by Gasteiger charge is 2.41. The second-order valence-electron chi connectivity index (χ2n) is 10.4. The number of carbonyl (C=O) groups excluding carboxylic acids is 1. The van der Waals surface area contributed by atoms with Gasteiger partial charge in [0.15, 0.2) is 17.4 Å². The van der Waals surface area contributed by atoms with Crippen molar-refractivity contribution in [2.24, 2.45) is 0 Å². The molecule has 1 N–H and O–H groups in total. The molecule has 2 fully saturated rings. The van der Waals surface area contributed by atoms with E-state index in [2.05, 4.69) is 25.2 Å². The number of anilines is 3. The molecular formula is C27H26ClF3N6O4. The number of ether oxygens (including phenoxy) is 3. The molecule has 5 heterocycles. The van der Waals surface area contributed by atoms with Gasteiger partial charge in [-0.15, -0.1) is 0 Å². The molecule has 41 heavy (non-hydrogen) atoms. The molecule has 0 spiro atoms. The average Bonchev–Trinajstić information content (AvgIpc) is 3.51. The molecule has 2 aromatic heterocycles. The van der Waals surface area contributed by atoms with E-state index in [0.29, 0.717) is 43.4 Å². The van der Waals surface area contributed by atoms with Gasteiger partial charge in [-0.05, 0) is 38.5 Å². The Morgan fingerprint density at radius 2 is 2.02 bits per heavy atom. The van der Waals surface area contributed by atoms with E-state index < -0.39 is 23.6 Å². The number of urea groups is 1. The summed E-state index contributed by atoms with van der Waals surface area (Å²) in [7, 11) is 0. The van der Waals surface area contributed by atoms with Crippen LogP contribution in [-0.4, -0.2) is 65.2 Å². The molecule has 1 aromatic carbocycles. The molecule has 10 nitrogen and oxygen atoms in total. The molecule has 0 radical (unpaired) electrons. The zero-order valence-corrected chi connectivity index (χ0v) is 22.9. The highest BCUT2D eigenvalue weighted by Crippen LogP contribution is 2.43. The van der Waals surface area contributed by atoms with Crippen LogP contribution < -0.4 is 19.9 Å². The van der Waals surface area contributed by atoms with Gasteiger partial charge in [0.25, 0.3) is 0 Å². The Labute approximate surface area is 238 Å². The Morgan fingerprint density at radius 3 is 2.73 bits per heavy atom. The number of alkyl halides is 3. The maximum atomic E-state index is 13.5. The van der Waals surface area contributed by atoms with E-state index in [9.17, 15) is 18.0 Å². The van der Waals surface area contributed by atoms with Crippen molar-refractivity contribution < 1.29 is 32.2 Å². The van der Waals surface area contributed by atoms with Gasteiger partial charge in [0, 0.05) is 18.7 Å². The first-order valence-electron chi connectivity index (χ1n) is 13.0. The van der Waals surface area contributed by atoms with E-state index in [1.165, 1.54) is 29.4 Å². The van der Waals surface area contributed by atoms with Crippen LogP contribution in [0.5, 0.6) is 5.75 Å². The summed E-state index contributed by atoms with van der Waals surface area (Å²) in [5, 5.41) is 2.88. The second kappa shape index (κ2) is 10.3. The van der Waals surface area contributed by atoms with Gasteiger partial charge in [0.05, 0.1) is 47.0 Å². The number of aromatic nitrogens is 3. The number of benzene rings is 1. The van der Waals surface area contributed by atoms with Gasteiger partial charge in [-0.2, -0.15) is 13.2 Å². The lowest BCUT2D eigenvalue weighted by Gasteiger charge is -2.36. The molecule has 0 unspecified atom stereocenters. The average molecular weight is 591 g/mol. The Kier molecular flexibility index (Phi) is 6.91. The van der Waals surface area contributed by atoms with Crippen molar-refractivity contribution in [3.05, 3.63) is 53.3 Å². The summed E-state index contributed by atoms with van der Waals surface area (Å²) in [6.07, 6.45) is -1.19. The fraction of sp³-hybridized carbons (Fsp3) is 0.407. The zero-order valence-electron chi connectivity index (χ0n) is 22.1. The molecule has 3 aliphatic rings. The Balaban J connectivity index is 1.21. The van der Waals surface area contributed by atoms with Crippen LogP contribution in [0.2, 0.25) is 5.02 Å². The quantitative estimate of drug-likeness (QED) is 0.423. The van der Waals surface area contributed by atoms with Gasteiger partial charge in [-0.1, -0.05) is 23.7 Å². The highest BCUT2D eigenvalue weighted by atomic mass is 35.5. The Morgan fingerprint density at radius 1 is 1.24 bits per heavy atom. The summed E-state index contributed by atoms with van der Waals surface area (Å²) in [6, 6.07) is 5.70. The highest BCUT2D eigenvalue weighted by molar-refractivity contribution is 6.33. The normalized spacial score (nSPS) is 21.1. The van der Waals surface area contributed by atoms with Crippen molar-refractivity contribution in [1.29, 1.82) is 0 Å². The molecule has 3 aliphatic heterocycles. The number of fused-ring (bicyclic) bond motifs is 4. The third-order valence-corrected chi connectivity index (χ3v) is 7.35. The number of hydrogen-bond acceptors (Lipinski definition) is 8. The van der Waals surface area contributed by atoms with E-state index in [0.717, 1.165) is 12.1 Å². The summed E-state index contributed by atoms with van der Waals surface area (Å²) < 4.78 is 57.0. The lowest BCUT2D eigenvalue weighted by molar-refractivity contribution is -0.141. The number of nitrogens with one attached hydrogen (secondary N) is 1. The molecule has 0 aliphatic carbocycles. The number of carbonyl (C=O) groups is 1. The third-order valence-electron chi connectivity index (χ3n) is 7.07. The summed E-state index contributed by atoms with van der Waals surface area (Å²) in [5.41, 5.74) is 0.148. The van der Waals surface area contributed by atoms with Gasteiger partial charge >= 0.3 is 12.2 Å². The number of rotatable bonds is 5. The topological polar surface area (TPSA) is 102 Å². The zero-order chi connectivity index (χ0) is 28.9. The van der Waals surface area contributed by atoms with Crippen molar-refractivity contribution >= 4 is 35.1 Å². The number of nitrogens with zero attached hydrogens (tertiary/aromatic N) is 5. The first kappa shape index (κ1) is 27.5. The minimum atomic E-state index is -4.52. The van der Waals surface area contributed by atoms with E-state index in [-0.39, 0.29) is 41.0 Å². The van der Waals surface area contributed by atoms with Crippen molar-refractivity contribution in [3.8, 4) is 17.0 Å². The van der Waals surface area contributed by atoms with Crippen LogP contribution in [0.25, 0.3) is 11.3 Å². The first-order valence-corrected chi connectivity index (χ1v) is 13.3. The van der Waals surface area contributed by atoms with Crippen LogP contribution >= 0.6 is 11.6 Å². The first-order chi connectivity index (χ1) is 19.5. The lowest BCUT2D eigenvalue weighted by atomic mass is 10.1. The number of halogens is 4. The predicted molar refractivity (Wildman–Crippen MR) is 144 cm³/mol. The van der Waals surface area contributed by atoms with E-state index in [4.69, 9.17) is 25.8 Å². The lowest BCUT2D eigenvalue weighted by Crippen LogP contribution is -2.48. The molecular weight excluding hydrogens is 565 g/mol. The van der Waals surface area contributed by atoms with Gasteiger partial charge in [0.2, 0.25) is 5.95 Å². The molecule has 2 atom stereocenters. The maximum Gasteiger partial charge on any atom is 0.416 e. The summed E-state index contributed by atoms with van der Waals surface area (Å²) in [6.45, 7) is 5.56. The summed E-state index contributed by atoms with van der Waals surface area (Å²) in [4.78, 5) is 30.1. The van der Waals surface area contributed by atoms with Crippen LogP contribution in [0.1, 0.15) is 25.8 Å². The molecule has 6 rings (SSSR count). The van der Waals surface area contributed by atoms with Crippen molar-refractivity contribution in [1.82, 2.24) is 15.0 Å². The second-order valence-corrected chi connectivity index (χ2v) is 10.8. The van der Waals surface area contributed by atoms with Gasteiger partial charge < -0.3 is 19.1 Å². The Bertz CT molecular complexity index is 1470. The van der Waals surface area contributed by atoms with E-state index in [1.807, 2.05) is 13.8 Å². The standard InChI is InChI=1S/C27H26ClF3N6O4/c1-26(2)40-14-19(41-26)13-39-18-10-32-24(33-11-18)35-25(38)37-17-6-7-36(12-17)21-9-20(28)22(34-23(21)37)15-4-3-5-16(8-15)27(29,30)31/h3-5,8-11,17,19H,6-7,12-14H2,1-2H3,(H,32,33,35,38)/t17-,19+/m0/s1. The van der Waals surface area contributed by atoms with Crippen LogP contribution in [-0.2, 0) is 15.7 Å². The maximum absolute atomic E-state index is 13.5. The minimum absolute atomic E-state index is 0.0537. The van der Waals surface area contributed by atoms with Gasteiger partial charge in [0.1, 0.15) is 12.7 Å². The van der Waals surface area contributed by atoms with E-state index in [1.54, 1.807) is 6.07 Å². The minimum Gasteiger partial charge on any atom is -0.488 e. The van der Waals surface area contributed by atoms with Crippen molar-refractivity contribution in [2.45, 2.75) is 44.4 Å². The molecule has 2 amide bonds. The fourth-order valence-electron chi connectivity index (χ4n) is 5.18. The van der Waals surface area contributed by atoms with Gasteiger partial charge in [-0.3, -0.25) is 10.2 Å². The molecule has 3 aromatic rings. The fourth-order valence-corrected chi connectivity index (χ4v) is 5.43. The largest absolute Gasteiger partial charge is 0.488 e. The van der Waals surface area contributed by atoms with E-state index >= 15 is 0 Å². The Hall–Kier alpha value is -3.68. The third kappa shape index (κ3) is 5.61. The predicted octanol–water partition coefficient (Wildman–Crippen LogP) is 5.37.